The Morgan fingerprint density at radius 3 is 2.30 bits per heavy atom. The number of rotatable bonds is 2. The molecule has 0 fully saturated rings. The zero-order chi connectivity index (χ0) is 16.6. The molecule has 0 atom stereocenters. The molecule has 1 aromatic heterocycles. The molecule has 2 nitrogen and oxygen atoms in total. The van der Waals surface area contributed by atoms with Crippen molar-refractivity contribution in [1.29, 1.82) is 0 Å². The van der Waals surface area contributed by atoms with Gasteiger partial charge in [-0.15, -0.1) is 0 Å². The summed E-state index contributed by atoms with van der Waals surface area (Å²) in [4.78, 5) is 14.3. The fourth-order valence-electron chi connectivity index (χ4n) is 2.43. The molecule has 3 rings (SSSR count). The molecule has 5 heteroatoms. The Morgan fingerprint density at radius 2 is 1.65 bits per heavy atom. The summed E-state index contributed by atoms with van der Waals surface area (Å²) in [6, 6.07) is 13.4. The molecule has 0 spiro atoms. The molecule has 0 aliphatic heterocycles. The second-order valence-electron chi connectivity index (χ2n) is 5.38. The van der Waals surface area contributed by atoms with Gasteiger partial charge in [0, 0.05) is 22.6 Å². The van der Waals surface area contributed by atoms with Gasteiger partial charge in [-0.25, -0.2) is 4.98 Å². The van der Waals surface area contributed by atoms with E-state index in [-0.39, 0.29) is 5.56 Å². The monoisotopic (exact) mass is 316 g/mol. The van der Waals surface area contributed by atoms with Crippen LogP contribution in [-0.4, -0.2) is 12.0 Å². The summed E-state index contributed by atoms with van der Waals surface area (Å²) in [6.07, 6.45) is -3.00. The van der Waals surface area contributed by atoms with Crippen molar-refractivity contribution in [3.63, 3.8) is 0 Å². The van der Waals surface area contributed by atoms with Crippen LogP contribution in [0.3, 0.4) is 0 Å². The fourth-order valence-corrected chi connectivity index (χ4v) is 2.43. The first-order valence-electron chi connectivity index (χ1n) is 6.99. The number of carbonyl (C=O) groups is 1. The van der Waals surface area contributed by atoms with Gasteiger partial charge < -0.3 is 0 Å². The summed E-state index contributed by atoms with van der Waals surface area (Å²) in [5.41, 5.74) is 2.27. The van der Waals surface area contributed by atoms with Gasteiger partial charge in [-0.3, -0.25) is 4.79 Å². The molecule has 2 aromatic carbocycles. The standard InChI is InChI=1S/C18H12F3NO/c1-11-2-3-14-9-16(22-10-15(14)8-11)12-4-6-13(7-5-12)17(23)18(19,20)21/h2-10H,1H3/p+1. The van der Waals surface area contributed by atoms with Crippen LogP contribution < -0.4 is 4.98 Å². The maximum Gasteiger partial charge on any atom is 0.454 e. The predicted octanol–water partition coefficient (Wildman–Crippen LogP) is 4.37. The van der Waals surface area contributed by atoms with Crippen LogP contribution in [0.15, 0.2) is 54.7 Å². The molecule has 0 unspecified atom stereocenters. The first-order valence-corrected chi connectivity index (χ1v) is 6.99. The van der Waals surface area contributed by atoms with E-state index >= 15 is 0 Å². The first kappa shape index (κ1) is 15.2. The molecule has 0 saturated carbocycles. The number of benzene rings is 2. The zero-order valence-electron chi connectivity index (χ0n) is 12.2. The molecule has 1 heterocycles. The third-order valence-electron chi connectivity index (χ3n) is 3.64. The summed E-state index contributed by atoms with van der Waals surface area (Å²) >= 11 is 0. The number of aryl methyl sites for hydroxylation is 1. The van der Waals surface area contributed by atoms with E-state index in [0.717, 1.165) is 22.0 Å². The summed E-state index contributed by atoms with van der Waals surface area (Å²) in [7, 11) is 0. The van der Waals surface area contributed by atoms with E-state index in [1.807, 2.05) is 37.4 Å². The van der Waals surface area contributed by atoms with E-state index in [0.29, 0.717) is 5.56 Å². The van der Waals surface area contributed by atoms with Crippen molar-refractivity contribution in [2.24, 2.45) is 0 Å². The maximum absolute atomic E-state index is 12.4. The fraction of sp³-hybridized carbons (Fsp3) is 0.111. The third kappa shape index (κ3) is 3.08. The molecular weight excluding hydrogens is 303 g/mol. The van der Waals surface area contributed by atoms with E-state index in [9.17, 15) is 18.0 Å². The number of aromatic amines is 1. The van der Waals surface area contributed by atoms with Crippen molar-refractivity contribution in [2.75, 3.05) is 0 Å². The number of ketones is 1. The van der Waals surface area contributed by atoms with Crippen LogP contribution in [0.1, 0.15) is 15.9 Å². The lowest BCUT2D eigenvalue weighted by Crippen LogP contribution is -2.22. The highest BCUT2D eigenvalue weighted by molar-refractivity contribution is 6.00. The molecule has 0 aliphatic rings. The van der Waals surface area contributed by atoms with Gasteiger partial charge in [0.15, 0.2) is 6.20 Å². The summed E-state index contributed by atoms with van der Waals surface area (Å²) in [6.45, 7) is 2.00. The number of carbonyl (C=O) groups excluding carboxylic acids is 1. The summed E-state index contributed by atoms with van der Waals surface area (Å²) < 4.78 is 37.2. The Morgan fingerprint density at radius 1 is 0.957 bits per heavy atom. The predicted molar refractivity (Wildman–Crippen MR) is 81.1 cm³/mol. The van der Waals surface area contributed by atoms with E-state index in [2.05, 4.69) is 4.98 Å². The van der Waals surface area contributed by atoms with Crippen LogP contribution in [0.5, 0.6) is 0 Å². The summed E-state index contributed by atoms with van der Waals surface area (Å²) in [5.74, 6) is -1.83. The minimum atomic E-state index is -4.85. The Labute approximate surface area is 130 Å². The number of halogens is 3. The van der Waals surface area contributed by atoms with Gasteiger partial charge in [0.05, 0.1) is 0 Å². The van der Waals surface area contributed by atoms with Crippen LogP contribution >= 0.6 is 0 Å². The molecule has 0 aliphatic carbocycles. The third-order valence-corrected chi connectivity index (χ3v) is 3.64. The molecule has 23 heavy (non-hydrogen) atoms. The van der Waals surface area contributed by atoms with Gasteiger partial charge in [0.25, 0.3) is 5.78 Å². The van der Waals surface area contributed by atoms with Crippen molar-refractivity contribution in [1.82, 2.24) is 0 Å². The highest BCUT2D eigenvalue weighted by Crippen LogP contribution is 2.24. The van der Waals surface area contributed by atoms with Crippen LogP contribution in [0.2, 0.25) is 0 Å². The second kappa shape index (κ2) is 5.50. The molecule has 0 radical (unpaired) electrons. The van der Waals surface area contributed by atoms with Gasteiger partial charge in [-0.1, -0.05) is 29.8 Å². The van der Waals surface area contributed by atoms with E-state index in [1.165, 1.54) is 24.3 Å². The topological polar surface area (TPSA) is 31.2 Å². The maximum atomic E-state index is 12.4. The lowest BCUT2D eigenvalue weighted by atomic mass is 10.0. The smallest absolute Gasteiger partial charge is 0.284 e. The number of Topliss-reactive ketones (excluding diaryl/α,β-unsaturated/α-hetero) is 1. The zero-order valence-corrected chi connectivity index (χ0v) is 12.2. The quantitative estimate of drug-likeness (QED) is 0.646. The second-order valence-corrected chi connectivity index (χ2v) is 5.38. The molecule has 116 valence electrons. The van der Waals surface area contributed by atoms with Gasteiger partial charge in [-0.2, -0.15) is 13.2 Å². The molecule has 0 bridgehead atoms. The van der Waals surface area contributed by atoms with E-state index in [1.54, 1.807) is 0 Å². The van der Waals surface area contributed by atoms with Crippen molar-refractivity contribution in [2.45, 2.75) is 13.1 Å². The number of nitrogens with one attached hydrogen (secondary N) is 1. The highest BCUT2D eigenvalue weighted by Gasteiger charge is 2.39. The molecule has 0 amide bonds. The van der Waals surface area contributed by atoms with E-state index < -0.39 is 12.0 Å². The van der Waals surface area contributed by atoms with Crippen LogP contribution in [0.4, 0.5) is 13.2 Å². The first-order chi connectivity index (χ1) is 10.8. The number of hydrogen-bond donors (Lipinski definition) is 0. The largest absolute Gasteiger partial charge is 0.454 e. The average Bonchev–Trinajstić information content (AvgIpc) is 2.53. The lowest BCUT2D eigenvalue weighted by Gasteiger charge is -2.05. The highest BCUT2D eigenvalue weighted by atomic mass is 19.4. The lowest BCUT2D eigenvalue weighted by molar-refractivity contribution is -0.362. The number of H-pyrrole nitrogens is 1. The Kier molecular flexibility index (Phi) is 3.64. The van der Waals surface area contributed by atoms with Gasteiger partial charge in [0.1, 0.15) is 0 Å². The van der Waals surface area contributed by atoms with Crippen molar-refractivity contribution < 1.29 is 22.9 Å². The Bertz CT molecular complexity index is 883. The number of aromatic nitrogens is 1. The Balaban J connectivity index is 1.96. The SMILES string of the molecule is Cc1ccc2cc(-c3ccc(C(=O)C(F)(F)F)cc3)[nH+]cc2c1. The van der Waals surface area contributed by atoms with Crippen LogP contribution in [-0.2, 0) is 0 Å². The normalized spacial score (nSPS) is 11.7. The van der Waals surface area contributed by atoms with E-state index in [4.69, 9.17) is 0 Å². The number of fused-ring (bicyclic) bond motifs is 1. The van der Waals surface area contributed by atoms with Crippen LogP contribution in [0.25, 0.3) is 22.0 Å². The number of alkyl halides is 3. The number of hydrogen-bond acceptors (Lipinski definition) is 1. The molecule has 0 saturated heterocycles. The Hall–Kier alpha value is -2.69. The van der Waals surface area contributed by atoms with Crippen molar-refractivity contribution in [3.8, 4) is 11.3 Å². The van der Waals surface area contributed by atoms with Gasteiger partial charge >= 0.3 is 6.18 Å². The van der Waals surface area contributed by atoms with Crippen LogP contribution in [0, 0.1) is 6.92 Å². The summed E-state index contributed by atoms with van der Waals surface area (Å²) in [5, 5.41) is 2.08. The van der Waals surface area contributed by atoms with Gasteiger partial charge in [-0.05, 0) is 30.5 Å². The van der Waals surface area contributed by atoms with Gasteiger partial charge in [0.2, 0.25) is 5.69 Å². The number of pyridine rings is 1. The molecule has 3 aromatic rings. The van der Waals surface area contributed by atoms with Crippen molar-refractivity contribution >= 4 is 16.6 Å². The minimum absolute atomic E-state index is 0.363. The average molecular weight is 316 g/mol. The molecular formula is C18H13F3NO+. The van der Waals surface area contributed by atoms with Crippen molar-refractivity contribution in [3.05, 3.63) is 65.9 Å². The molecule has 1 N–H and O–H groups in total. The minimum Gasteiger partial charge on any atom is -0.284 e.